The molecular formula is C15H19F3N3O5+. The minimum atomic E-state index is -4.64. The molecule has 3 N–H and O–H groups in total. The first kappa shape index (κ1) is 23.0. The van der Waals surface area contributed by atoms with Gasteiger partial charge in [-0.1, -0.05) is 11.3 Å². The van der Waals surface area contributed by atoms with Crippen LogP contribution in [0, 0.1) is 0 Å². The number of carbonyl (C=O) groups is 3. The molecule has 144 valence electrons. The number of nitrogens with one attached hydrogen (secondary N) is 1. The number of alkyl halides is 3. The highest BCUT2D eigenvalue weighted by atomic mass is 19.4. The Labute approximate surface area is 146 Å². The van der Waals surface area contributed by atoms with Crippen LogP contribution in [0.4, 0.5) is 13.2 Å². The van der Waals surface area contributed by atoms with E-state index in [1.54, 1.807) is 12.3 Å². The van der Waals surface area contributed by atoms with Crippen molar-refractivity contribution < 1.29 is 42.4 Å². The Morgan fingerprint density at radius 3 is 2.23 bits per heavy atom. The number of aromatic nitrogens is 2. The van der Waals surface area contributed by atoms with E-state index in [0.717, 1.165) is 0 Å². The van der Waals surface area contributed by atoms with E-state index in [1.165, 1.54) is 17.8 Å². The molecule has 0 aromatic carbocycles. The van der Waals surface area contributed by atoms with E-state index in [1.807, 2.05) is 0 Å². The van der Waals surface area contributed by atoms with Gasteiger partial charge in [-0.2, -0.15) is 13.2 Å². The second-order valence-electron chi connectivity index (χ2n) is 4.97. The number of halogens is 3. The lowest BCUT2D eigenvalue weighted by Gasteiger charge is -2.02. The van der Waals surface area contributed by atoms with Crippen molar-refractivity contribution in [2.45, 2.75) is 32.5 Å². The van der Waals surface area contributed by atoms with Gasteiger partial charge in [0.1, 0.15) is 18.4 Å². The second kappa shape index (κ2) is 10.8. The van der Waals surface area contributed by atoms with E-state index in [0.29, 0.717) is 18.5 Å². The van der Waals surface area contributed by atoms with Crippen molar-refractivity contribution in [2.24, 2.45) is 0 Å². The molecule has 0 unspecified atom stereocenters. The molecule has 0 aliphatic rings. The number of carbonyl (C=O) groups excluding carboxylic acids is 2. The highest BCUT2D eigenvalue weighted by molar-refractivity contribution is 5.93. The fraction of sp³-hybridized carbons (Fsp3) is 0.400. The van der Waals surface area contributed by atoms with Gasteiger partial charge in [0.2, 0.25) is 0 Å². The maximum absolute atomic E-state index is 11.6. The number of allylic oxidation sites excluding steroid dienone is 1. The molecule has 0 saturated carbocycles. The molecule has 1 rings (SSSR count). The number of aryl methyl sites for hydroxylation is 1. The van der Waals surface area contributed by atoms with Crippen LogP contribution in [0.1, 0.15) is 30.1 Å². The van der Waals surface area contributed by atoms with Crippen molar-refractivity contribution in [2.75, 3.05) is 6.54 Å². The summed E-state index contributed by atoms with van der Waals surface area (Å²) in [7, 11) is 0. The summed E-state index contributed by atoms with van der Waals surface area (Å²) in [4.78, 5) is 32.7. The number of carboxylic acids is 1. The van der Waals surface area contributed by atoms with Crippen LogP contribution in [0.25, 0.3) is 0 Å². The van der Waals surface area contributed by atoms with E-state index >= 15 is 0 Å². The molecule has 1 aromatic heterocycles. The van der Waals surface area contributed by atoms with Crippen molar-refractivity contribution >= 4 is 17.7 Å². The molecule has 0 aliphatic heterocycles. The Kier molecular flexibility index (Phi) is 9.56. The lowest BCUT2D eigenvalue weighted by atomic mass is 10.2. The molecule has 0 atom stereocenters. The number of ketones is 1. The fourth-order valence-corrected chi connectivity index (χ4v) is 1.32. The monoisotopic (exact) mass is 378 g/mol. The van der Waals surface area contributed by atoms with Crippen LogP contribution in [0.3, 0.4) is 0 Å². The van der Waals surface area contributed by atoms with Gasteiger partial charge in [-0.25, -0.2) is 0 Å². The predicted molar refractivity (Wildman–Crippen MR) is 82.1 cm³/mol. The number of carboxylic acid groups (broad SMARTS) is 1. The topological polar surface area (TPSA) is 120 Å². The third kappa shape index (κ3) is 10.7. The van der Waals surface area contributed by atoms with Crippen molar-refractivity contribution in [1.29, 1.82) is 0 Å². The molecule has 0 aliphatic carbocycles. The number of aliphatic hydroxyl groups excluding tert-OH is 1. The molecular weight excluding hydrogens is 359 g/mol. The summed E-state index contributed by atoms with van der Waals surface area (Å²) in [5.41, 5.74) is 0.370. The zero-order chi connectivity index (χ0) is 20.3. The number of hydrogen-bond acceptors (Lipinski definition) is 5. The molecule has 26 heavy (non-hydrogen) atoms. The van der Waals surface area contributed by atoms with Gasteiger partial charge in [-0.05, 0) is 12.0 Å². The molecule has 1 heterocycles. The second-order valence-corrected chi connectivity index (χ2v) is 4.97. The number of nitrogens with zero attached hydrogens (tertiary/aromatic N) is 2. The third-order valence-corrected chi connectivity index (χ3v) is 2.68. The lowest BCUT2D eigenvalue weighted by molar-refractivity contribution is -0.753. The van der Waals surface area contributed by atoms with Crippen LogP contribution in [-0.4, -0.2) is 45.7 Å². The van der Waals surface area contributed by atoms with Crippen molar-refractivity contribution in [3.05, 3.63) is 36.4 Å². The van der Waals surface area contributed by atoms with Gasteiger partial charge < -0.3 is 15.5 Å². The molecule has 0 spiro atoms. The highest BCUT2D eigenvalue weighted by Crippen LogP contribution is 2.20. The van der Waals surface area contributed by atoms with Crippen LogP contribution in [0.5, 0.6) is 0 Å². The molecule has 1 aromatic rings. The Morgan fingerprint density at radius 1 is 1.27 bits per heavy atom. The number of rotatable bonds is 7. The maximum Gasteiger partial charge on any atom is 0.448 e. The van der Waals surface area contributed by atoms with Gasteiger partial charge in [0.05, 0.1) is 5.56 Å². The van der Waals surface area contributed by atoms with Crippen molar-refractivity contribution in [3.63, 3.8) is 0 Å². The zero-order valence-corrected chi connectivity index (χ0v) is 13.9. The number of aliphatic carboxylic acids is 1. The Balaban J connectivity index is 0.000000758. The average molecular weight is 378 g/mol. The van der Waals surface area contributed by atoms with E-state index in [-0.39, 0.29) is 24.7 Å². The van der Waals surface area contributed by atoms with Gasteiger partial charge in [-0.3, -0.25) is 14.4 Å². The number of hydrogen-bond donors (Lipinski definition) is 3. The molecule has 0 saturated heterocycles. The highest BCUT2D eigenvalue weighted by Gasteiger charge is 2.31. The quantitative estimate of drug-likeness (QED) is 0.484. The van der Waals surface area contributed by atoms with E-state index in [9.17, 15) is 27.6 Å². The van der Waals surface area contributed by atoms with Crippen molar-refractivity contribution in [1.82, 2.24) is 10.4 Å². The van der Waals surface area contributed by atoms with Crippen LogP contribution < -0.4 is 10.00 Å². The average Bonchev–Trinajstić information content (AvgIpc) is 2.52. The minimum absolute atomic E-state index is 0.0120. The summed E-state index contributed by atoms with van der Waals surface area (Å²) in [5, 5.41) is 22.6. The summed E-state index contributed by atoms with van der Waals surface area (Å²) in [6, 6.07) is 1.55. The number of amides is 1. The van der Waals surface area contributed by atoms with Gasteiger partial charge >= 0.3 is 12.1 Å². The summed E-state index contributed by atoms with van der Waals surface area (Å²) in [6.07, 6.45) is -1.46. The van der Waals surface area contributed by atoms with Gasteiger partial charge in [0.25, 0.3) is 5.91 Å². The maximum atomic E-state index is 11.6. The standard InChI is InChI=1S/C12H15N3O4.C3H3F3O/c1-9(16)2-5-13-12(19)10-3-6-15(14-8-10)7-4-11(17)18;1-2(7)3(4,5)6/h3,6,8H,2,4-5,7H2,1H3,(H-,13,17,18,19);7H,1H2/p+1. The molecule has 0 bridgehead atoms. The van der Waals surface area contributed by atoms with Crippen molar-refractivity contribution in [3.8, 4) is 0 Å². The van der Waals surface area contributed by atoms with Crippen LogP contribution in [-0.2, 0) is 16.1 Å². The Morgan fingerprint density at radius 2 is 1.85 bits per heavy atom. The predicted octanol–water partition coefficient (Wildman–Crippen LogP) is 1.17. The van der Waals surface area contributed by atoms with E-state index < -0.39 is 17.9 Å². The van der Waals surface area contributed by atoms with Crippen LogP contribution in [0.2, 0.25) is 0 Å². The number of aliphatic hydroxyl groups is 1. The largest absolute Gasteiger partial charge is 0.505 e. The van der Waals surface area contributed by atoms with E-state index in [4.69, 9.17) is 10.2 Å². The first-order chi connectivity index (χ1) is 11.9. The van der Waals surface area contributed by atoms with Crippen LogP contribution >= 0.6 is 0 Å². The Hall–Kier alpha value is -2.98. The number of Topliss-reactive ketones (excluding diaryl/α,β-unsaturated/α-hetero) is 1. The smallest absolute Gasteiger partial charge is 0.448 e. The Bertz CT molecular complexity index is 645. The summed E-state index contributed by atoms with van der Waals surface area (Å²) >= 11 is 0. The summed E-state index contributed by atoms with van der Waals surface area (Å²) in [5.74, 6) is -2.95. The molecule has 0 fully saturated rings. The molecule has 0 radical (unpaired) electrons. The van der Waals surface area contributed by atoms with Gasteiger partial charge in [-0.15, -0.1) is 0 Å². The normalized spacial score (nSPS) is 10.3. The van der Waals surface area contributed by atoms with Crippen LogP contribution in [0.15, 0.2) is 30.8 Å². The zero-order valence-electron chi connectivity index (χ0n) is 13.9. The molecule has 8 nitrogen and oxygen atoms in total. The fourth-order valence-electron chi connectivity index (χ4n) is 1.32. The molecule has 1 amide bonds. The SMILES string of the molecule is C=C(O)C(F)(F)F.CC(=O)CCNC(=O)c1cc[n+](CCC(=O)O)nc1. The third-order valence-electron chi connectivity index (χ3n) is 2.68. The summed E-state index contributed by atoms with van der Waals surface area (Å²) < 4.78 is 33.9. The van der Waals surface area contributed by atoms with Gasteiger partial charge in [0.15, 0.2) is 18.5 Å². The van der Waals surface area contributed by atoms with E-state index in [2.05, 4.69) is 17.0 Å². The molecule has 11 heteroatoms. The first-order valence-electron chi connectivity index (χ1n) is 7.23. The lowest BCUT2D eigenvalue weighted by Crippen LogP contribution is -2.39. The minimum Gasteiger partial charge on any atom is -0.505 e. The first-order valence-corrected chi connectivity index (χ1v) is 7.23. The summed E-state index contributed by atoms with van der Waals surface area (Å²) in [6.45, 7) is 4.26. The van der Waals surface area contributed by atoms with Gasteiger partial charge in [0, 0.05) is 19.0 Å².